The normalized spacial score (nSPS) is 10.2. The third kappa shape index (κ3) is 10.9. The molecule has 0 atom stereocenters. The Bertz CT molecular complexity index is 1060. The third-order valence-electron chi connectivity index (χ3n) is 4.90. The van der Waals surface area contributed by atoms with Gasteiger partial charge in [-0.25, -0.2) is 9.59 Å². The van der Waals surface area contributed by atoms with E-state index in [0.717, 1.165) is 19.3 Å². The predicted molar refractivity (Wildman–Crippen MR) is 136 cm³/mol. The lowest BCUT2D eigenvalue weighted by Crippen LogP contribution is -2.21. The predicted octanol–water partition coefficient (Wildman–Crippen LogP) is 4.11. The first kappa shape index (κ1) is 29.0. The zero-order chi connectivity index (χ0) is 27.0. The standard InChI is InChI=1S/C27H32N2O8/c1-3-5-17-36-27(34)20-6-10-21(11-7-20)28-23(30)14-15-25(32)37-18-24(31)29-22-12-8-19(9-13-22)26(33)35-16-4-2/h6-13H,3-5,14-18H2,1-2H3,(H,28,30)(H,29,31). The van der Waals surface area contributed by atoms with Crippen molar-refractivity contribution >= 4 is 41.1 Å². The second kappa shape index (κ2) is 15.7. The van der Waals surface area contributed by atoms with Gasteiger partial charge in [0.15, 0.2) is 6.61 Å². The van der Waals surface area contributed by atoms with Gasteiger partial charge in [-0.05, 0) is 61.4 Å². The number of rotatable bonds is 14. The van der Waals surface area contributed by atoms with Crippen LogP contribution in [0.25, 0.3) is 0 Å². The van der Waals surface area contributed by atoms with Crippen LogP contribution < -0.4 is 10.6 Å². The van der Waals surface area contributed by atoms with E-state index in [4.69, 9.17) is 14.2 Å². The van der Waals surface area contributed by atoms with E-state index in [9.17, 15) is 24.0 Å². The summed E-state index contributed by atoms with van der Waals surface area (Å²) in [5.41, 5.74) is 1.62. The number of hydrogen-bond donors (Lipinski definition) is 2. The van der Waals surface area contributed by atoms with Crippen molar-refractivity contribution in [2.24, 2.45) is 0 Å². The van der Waals surface area contributed by atoms with Crippen molar-refractivity contribution in [3.63, 3.8) is 0 Å². The summed E-state index contributed by atoms with van der Waals surface area (Å²) in [6.45, 7) is 4.06. The maximum Gasteiger partial charge on any atom is 0.338 e. The van der Waals surface area contributed by atoms with Crippen LogP contribution in [0.15, 0.2) is 48.5 Å². The van der Waals surface area contributed by atoms with Crippen molar-refractivity contribution in [2.75, 3.05) is 30.5 Å². The maximum absolute atomic E-state index is 12.1. The average molecular weight is 513 g/mol. The van der Waals surface area contributed by atoms with E-state index in [0.29, 0.717) is 35.7 Å². The van der Waals surface area contributed by atoms with E-state index in [1.54, 1.807) is 24.3 Å². The van der Waals surface area contributed by atoms with Crippen LogP contribution in [0, 0.1) is 0 Å². The summed E-state index contributed by atoms with van der Waals surface area (Å²) >= 11 is 0. The van der Waals surface area contributed by atoms with Gasteiger partial charge in [-0.1, -0.05) is 20.3 Å². The number of nitrogens with one attached hydrogen (secondary N) is 2. The molecule has 0 saturated carbocycles. The average Bonchev–Trinajstić information content (AvgIpc) is 2.90. The van der Waals surface area contributed by atoms with Gasteiger partial charge in [0.25, 0.3) is 5.91 Å². The summed E-state index contributed by atoms with van der Waals surface area (Å²) in [7, 11) is 0. The first-order valence-electron chi connectivity index (χ1n) is 12.1. The van der Waals surface area contributed by atoms with E-state index in [2.05, 4.69) is 10.6 Å². The van der Waals surface area contributed by atoms with Gasteiger partial charge in [-0.2, -0.15) is 0 Å². The first-order valence-corrected chi connectivity index (χ1v) is 12.1. The minimum Gasteiger partial charge on any atom is -0.462 e. The fourth-order valence-corrected chi connectivity index (χ4v) is 2.90. The number of hydrogen-bond acceptors (Lipinski definition) is 8. The number of ether oxygens (including phenoxy) is 3. The molecular weight excluding hydrogens is 480 g/mol. The van der Waals surface area contributed by atoms with Crippen LogP contribution in [0.1, 0.15) is 66.7 Å². The molecule has 0 fully saturated rings. The summed E-state index contributed by atoms with van der Waals surface area (Å²) in [5, 5.41) is 5.18. The molecule has 2 rings (SSSR count). The quantitative estimate of drug-likeness (QED) is 0.219. The lowest BCUT2D eigenvalue weighted by atomic mass is 10.2. The summed E-state index contributed by atoms with van der Waals surface area (Å²) in [6, 6.07) is 12.3. The molecule has 0 aliphatic rings. The second-order valence-corrected chi connectivity index (χ2v) is 8.04. The van der Waals surface area contributed by atoms with Crippen molar-refractivity contribution < 1.29 is 38.2 Å². The van der Waals surface area contributed by atoms with E-state index in [-0.39, 0.29) is 12.8 Å². The SMILES string of the molecule is CCCCOC(=O)c1ccc(NC(=O)CCC(=O)OCC(=O)Nc2ccc(C(=O)OCCC)cc2)cc1. The molecule has 0 aromatic heterocycles. The Hall–Kier alpha value is -4.21. The van der Waals surface area contributed by atoms with Crippen LogP contribution in [0.2, 0.25) is 0 Å². The molecule has 2 aromatic carbocycles. The molecule has 0 saturated heterocycles. The van der Waals surface area contributed by atoms with E-state index in [1.807, 2.05) is 13.8 Å². The first-order chi connectivity index (χ1) is 17.8. The van der Waals surface area contributed by atoms with Gasteiger partial charge in [-0.3, -0.25) is 14.4 Å². The van der Waals surface area contributed by atoms with Crippen molar-refractivity contribution in [1.82, 2.24) is 0 Å². The minimum atomic E-state index is -0.704. The Kier molecular flexibility index (Phi) is 12.3. The Morgan fingerprint density at radius 1 is 0.622 bits per heavy atom. The van der Waals surface area contributed by atoms with Crippen molar-refractivity contribution in [3.05, 3.63) is 59.7 Å². The Morgan fingerprint density at radius 3 is 1.65 bits per heavy atom. The van der Waals surface area contributed by atoms with Crippen molar-refractivity contribution in [3.8, 4) is 0 Å². The van der Waals surface area contributed by atoms with Gasteiger partial charge in [0.05, 0.1) is 30.8 Å². The van der Waals surface area contributed by atoms with E-state index in [1.165, 1.54) is 24.3 Å². The van der Waals surface area contributed by atoms with Crippen LogP contribution in [0.3, 0.4) is 0 Å². The number of benzene rings is 2. The molecule has 10 nitrogen and oxygen atoms in total. The summed E-state index contributed by atoms with van der Waals surface area (Å²) in [6.07, 6.45) is 2.08. The molecule has 37 heavy (non-hydrogen) atoms. The van der Waals surface area contributed by atoms with Crippen molar-refractivity contribution in [2.45, 2.75) is 46.0 Å². The molecule has 0 radical (unpaired) electrons. The third-order valence-corrected chi connectivity index (χ3v) is 4.90. The highest BCUT2D eigenvalue weighted by atomic mass is 16.5. The zero-order valence-electron chi connectivity index (χ0n) is 21.0. The minimum absolute atomic E-state index is 0.142. The second-order valence-electron chi connectivity index (χ2n) is 8.04. The summed E-state index contributed by atoms with van der Waals surface area (Å²) in [4.78, 5) is 59.7. The number of amides is 2. The number of carbonyl (C=O) groups excluding carboxylic acids is 5. The molecule has 0 aliphatic carbocycles. The number of anilines is 2. The molecule has 0 spiro atoms. The number of esters is 3. The molecular formula is C27H32N2O8. The van der Waals surface area contributed by atoms with Crippen LogP contribution in [-0.2, 0) is 28.6 Å². The van der Waals surface area contributed by atoms with Gasteiger partial charge in [-0.15, -0.1) is 0 Å². The fraction of sp³-hybridized carbons (Fsp3) is 0.370. The summed E-state index contributed by atoms with van der Waals surface area (Å²) < 4.78 is 15.1. The van der Waals surface area contributed by atoms with Gasteiger partial charge < -0.3 is 24.8 Å². The largest absolute Gasteiger partial charge is 0.462 e. The Morgan fingerprint density at radius 2 is 1.14 bits per heavy atom. The molecule has 0 aliphatic heterocycles. The molecule has 10 heteroatoms. The van der Waals surface area contributed by atoms with Crippen LogP contribution >= 0.6 is 0 Å². The molecule has 198 valence electrons. The molecule has 2 N–H and O–H groups in total. The highest BCUT2D eigenvalue weighted by Crippen LogP contribution is 2.13. The highest BCUT2D eigenvalue weighted by molar-refractivity contribution is 5.96. The molecule has 0 bridgehead atoms. The molecule has 2 aromatic rings. The van der Waals surface area contributed by atoms with Crippen LogP contribution in [0.4, 0.5) is 11.4 Å². The lowest BCUT2D eigenvalue weighted by Gasteiger charge is -2.08. The molecule has 2 amide bonds. The number of unbranched alkanes of at least 4 members (excludes halogenated alkanes) is 1. The monoisotopic (exact) mass is 512 g/mol. The van der Waals surface area contributed by atoms with Gasteiger partial charge >= 0.3 is 17.9 Å². The number of carbonyl (C=O) groups is 5. The lowest BCUT2D eigenvalue weighted by molar-refractivity contribution is -0.147. The fourth-order valence-electron chi connectivity index (χ4n) is 2.90. The van der Waals surface area contributed by atoms with E-state index < -0.39 is 36.3 Å². The van der Waals surface area contributed by atoms with Crippen LogP contribution in [-0.4, -0.2) is 49.5 Å². The van der Waals surface area contributed by atoms with Crippen LogP contribution in [0.5, 0.6) is 0 Å². The smallest absolute Gasteiger partial charge is 0.338 e. The van der Waals surface area contributed by atoms with Gasteiger partial charge in [0.1, 0.15) is 0 Å². The topological polar surface area (TPSA) is 137 Å². The Balaban J connectivity index is 1.67. The van der Waals surface area contributed by atoms with Crippen molar-refractivity contribution in [1.29, 1.82) is 0 Å². The van der Waals surface area contributed by atoms with E-state index >= 15 is 0 Å². The summed E-state index contributed by atoms with van der Waals surface area (Å²) in [5.74, 6) is -2.56. The Labute approximate surface area is 215 Å². The maximum atomic E-state index is 12.1. The highest BCUT2D eigenvalue weighted by Gasteiger charge is 2.13. The molecule has 0 heterocycles. The molecule has 0 unspecified atom stereocenters. The van der Waals surface area contributed by atoms with Gasteiger partial charge in [0.2, 0.25) is 5.91 Å². The zero-order valence-corrected chi connectivity index (χ0v) is 21.0. The van der Waals surface area contributed by atoms with Gasteiger partial charge in [0, 0.05) is 17.8 Å².